The van der Waals surface area contributed by atoms with Gasteiger partial charge < -0.3 is 0 Å². The highest BCUT2D eigenvalue weighted by molar-refractivity contribution is 9.09. The first-order chi connectivity index (χ1) is 5.31. The molecule has 0 aliphatic heterocycles. The van der Waals surface area contributed by atoms with Gasteiger partial charge in [-0.15, -0.1) is 0 Å². The Kier molecular flexibility index (Phi) is 5.47. The quantitative estimate of drug-likeness (QED) is 0.623. The molecule has 0 aliphatic rings. The number of rotatable bonds is 4. The van der Waals surface area contributed by atoms with E-state index in [9.17, 15) is 0 Å². The van der Waals surface area contributed by atoms with E-state index in [4.69, 9.17) is 0 Å². The van der Waals surface area contributed by atoms with Crippen molar-refractivity contribution in [3.63, 3.8) is 0 Å². The summed E-state index contributed by atoms with van der Waals surface area (Å²) in [7, 11) is 0. The fraction of sp³-hybridized carbons (Fsp3) is 1.00. The zero-order chi connectivity index (χ0) is 9.78. The van der Waals surface area contributed by atoms with Crippen LogP contribution in [0.15, 0.2) is 0 Å². The van der Waals surface area contributed by atoms with Crippen molar-refractivity contribution < 1.29 is 0 Å². The largest absolute Gasteiger partial charge is 0.0894 e. The van der Waals surface area contributed by atoms with Crippen LogP contribution in [0, 0.1) is 11.3 Å². The third-order valence-corrected chi connectivity index (χ3v) is 2.49. The summed E-state index contributed by atoms with van der Waals surface area (Å²) in [6, 6.07) is 0. The fourth-order valence-electron chi connectivity index (χ4n) is 1.35. The van der Waals surface area contributed by atoms with Crippen LogP contribution in [-0.2, 0) is 0 Å². The van der Waals surface area contributed by atoms with Gasteiger partial charge in [-0.05, 0) is 24.2 Å². The van der Waals surface area contributed by atoms with Gasteiger partial charge in [0.1, 0.15) is 0 Å². The molecule has 0 N–H and O–H groups in total. The van der Waals surface area contributed by atoms with Crippen LogP contribution in [0.1, 0.15) is 53.9 Å². The molecule has 0 fully saturated rings. The minimum atomic E-state index is 0.504. The summed E-state index contributed by atoms with van der Waals surface area (Å²) in [5.41, 5.74) is 0.504. The summed E-state index contributed by atoms with van der Waals surface area (Å²) in [6.45, 7) is 11.5. The SMILES string of the molecule is CC(Br)CC(C)CCC(C)(C)C. The standard InChI is InChI=1S/C11H23Br/c1-9(8-10(2)12)6-7-11(3,4)5/h9-10H,6-8H2,1-5H3. The predicted octanol–water partition coefficient (Wildman–Crippen LogP) is 4.62. The number of hydrogen-bond acceptors (Lipinski definition) is 0. The Bertz CT molecular complexity index is 111. The van der Waals surface area contributed by atoms with Crippen LogP contribution in [0.3, 0.4) is 0 Å². The molecule has 12 heavy (non-hydrogen) atoms. The second-order valence-electron chi connectivity index (χ2n) is 5.22. The van der Waals surface area contributed by atoms with Gasteiger partial charge in [-0.1, -0.05) is 57.0 Å². The van der Waals surface area contributed by atoms with Crippen molar-refractivity contribution in [1.82, 2.24) is 0 Å². The normalized spacial score (nSPS) is 17.5. The minimum absolute atomic E-state index is 0.504. The average Bonchev–Trinajstić information content (AvgIpc) is 1.80. The fourth-order valence-corrected chi connectivity index (χ4v) is 1.99. The van der Waals surface area contributed by atoms with Gasteiger partial charge in [0.05, 0.1) is 0 Å². The van der Waals surface area contributed by atoms with Crippen LogP contribution < -0.4 is 0 Å². The molecule has 74 valence electrons. The third-order valence-electron chi connectivity index (χ3n) is 2.11. The summed E-state index contributed by atoms with van der Waals surface area (Å²) < 4.78 is 0. The van der Waals surface area contributed by atoms with Crippen molar-refractivity contribution in [1.29, 1.82) is 0 Å². The van der Waals surface area contributed by atoms with E-state index in [1.165, 1.54) is 19.3 Å². The topological polar surface area (TPSA) is 0 Å². The first-order valence-corrected chi connectivity index (χ1v) is 5.87. The summed E-state index contributed by atoms with van der Waals surface area (Å²) in [5, 5.41) is 0. The maximum absolute atomic E-state index is 3.60. The van der Waals surface area contributed by atoms with Crippen molar-refractivity contribution in [3.05, 3.63) is 0 Å². The Morgan fingerprint density at radius 1 is 1.17 bits per heavy atom. The van der Waals surface area contributed by atoms with E-state index in [1.54, 1.807) is 0 Å². The van der Waals surface area contributed by atoms with Crippen molar-refractivity contribution in [3.8, 4) is 0 Å². The molecule has 2 unspecified atom stereocenters. The van der Waals surface area contributed by atoms with Gasteiger partial charge in [-0.2, -0.15) is 0 Å². The van der Waals surface area contributed by atoms with Gasteiger partial charge in [-0.3, -0.25) is 0 Å². The molecule has 0 nitrogen and oxygen atoms in total. The van der Waals surface area contributed by atoms with E-state index in [2.05, 4.69) is 50.5 Å². The average molecular weight is 235 g/mol. The molecule has 0 saturated carbocycles. The molecule has 0 aromatic rings. The maximum Gasteiger partial charge on any atom is 0.0120 e. The van der Waals surface area contributed by atoms with Crippen LogP contribution in [0.5, 0.6) is 0 Å². The van der Waals surface area contributed by atoms with Crippen molar-refractivity contribution in [2.75, 3.05) is 0 Å². The molecule has 1 heteroatoms. The number of alkyl halides is 1. The highest BCUT2D eigenvalue weighted by Gasteiger charge is 2.13. The highest BCUT2D eigenvalue weighted by Crippen LogP contribution is 2.26. The smallest absolute Gasteiger partial charge is 0.0120 e. The lowest BCUT2D eigenvalue weighted by molar-refractivity contribution is 0.324. The molecule has 0 rings (SSSR count). The van der Waals surface area contributed by atoms with Crippen molar-refractivity contribution in [2.45, 2.75) is 58.7 Å². The summed E-state index contributed by atoms with van der Waals surface area (Å²) in [6.07, 6.45) is 4.00. The zero-order valence-corrected chi connectivity index (χ0v) is 10.7. The third kappa shape index (κ3) is 8.58. The Labute approximate surface area is 86.3 Å². The highest BCUT2D eigenvalue weighted by atomic mass is 79.9. The van der Waals surface area contributed by atoms with Gasteiger partial charge in [0.15, 0.2) is 0 Å². The maximum atomic E-state index is 3.60. The van der Waals surface area contributed by atoms with Gasteiger partial charge in [0.2, 0.25) is 0 Å². The molecule has 0 aliphatic carbocycles. The van der Waals surface area contributed by atoms with Crippen LogP contribution in [0.2, 0.25) is 0 Å². The minimum Gasteiger partial charge on any atom is -0.0894 e. The van der Waals surface area contributed by atoms with Crippen molar-refractivity contribution in [2.24, 2.45) is 11.3 Å². The van der Waals surface area contributed by atoms with E-state index in [0.29, 0.717) is 10.2 Å². The van der Waals surface area contributed by atoms with Crippen LogP contribution >= 0.6 is 15.9 Å². The van der Waals surface area contributed by atoms with Crippen LogP contribution in [0.4, 0.5) is 0 Å². The molecule has 0 radical (unpaired) electrons. The molecule has 0 aromatic heterocycles. The Balaban J connectivity index is 3.51. The molecule has 0 spiro atoms. The van der Waals surface area contributed by atoms with E-state index in [1.807, 2.05) is 0 Å². The first-order valence-electron chi connectivity index (χ1n) is 4.95. The second-order valence-corrected chi connectivity index (χ2v) is 6.78. The van der Waals surface area contributed by atoms with Gasteiger partial charge in [0.25, 0.3) is 0 Å². The van der Waals surface area contributed by atoms with E-state index in [-0.39, 0.29) is 0 Å². The molecule has 0 aromatic carbocycles. The molecule has 0 saturated heterocycles. The van der Waals surface area contributed by atoms with Crippen LogP contribution in [0.25, 0.3) is 0 Å². The zero-order valence-electron chi connectivity index (χ0n) is 9.15. The lowest BCUT2D eigenvalue weighted by Crippen LogP contribution is -2.09. The van der Waals surface area contributed by atoms with Gasteiger partial charge >= 0.3 is 0 Å². The molecule has 0 bridgehead atoms. The number of halogens is 1. The Hall–Kier alpha value is 0.480. The van der Waals surface area contributed by atoms with Gasteiger partial charge in [-0.25, -0.2) is 0 Å². The van der Waals surface area contributed by atoms with Crippen LogP contribution in [-0.4, -0.2) is 4.83 Å². The summed E-state index contributed by atoms with van der Waals surface area (Å²) >= 11 is 3.60. The lowest BCUT2D eigenvalue weighted by atomic mass is 9.86. The molecule has 0 amide bonds. The Morgan fingerprint density at radius 3 is 2.00 bits per heavy atom. The second kappa shape index (κ2) is 5.26. The molecule has 0 heterocycles. The van der Waals surface area contributed by atoms with Gasteiger partial charge in [0, 0.05) is 4.83 Å². The summed E-state index contributed by atoms with van der Waals surface area (Å²) in [5.74, 6) is 0.860. The predicted molar refractivity (Wildman–Crippen MR) is 60.9 cm³/mol. The number of hydrogen-bond donors (Lipinski definition) is 0. The van der Waals surface area contributed by atoms with E-state index >= 15 is 0 Å². The molecule has 2 atom stereocenters. The van der Waals surface area contributed by atoms with Crippen molar-refractivity contribution >= 4 is 15.9 Å². The lowest BCUT2D eigenvalue weighted by Gasteiger charge is -2.21. The molecular formula is C11H23Br. The first kappa shape index (κ1) is 12.5. The monoisotopic (exact) mass is 234 g/mol. The van der Waals surface area contributed by atoms with E-state index in [0.717, 1.165) is 5.92 Å². The Morgan fingerprint density at radius 2 is 1.67 bits per heavy atom. The van der Waals surface area contributed by atoms with E-state index < -0.39 is 0 Å². The molecular weight excluding hydrogens is 212 g/mol. The summed E-state index contributed by atoms with van der Waals surface area (Å²) in [4.78, 5) is 0.674.